The predicted molar refractivity (Wildman–Crippen MR) is 105 cm³/mol. The Balaban J connectivity index is 2.11. The topological polar surface area (TPSA) is 92.7 Å². The lowest BCUT2D eigenvalue weighted by Gasteiger charge is -2.10. The van der Waals surface area contributed by atoms with Gasteiger partial charge in [0.15, 0.2) is 5.78 Å². The Labute approximate surface area is 167 Å². The Morgan fingerprint density at radius 1 is 1.04 bits per heavy atom. The van der Waals surface area contributed by atoms with Crippen LogP contribution >= 0.6 is 11.8 Å². The number of carbonyl (C=O) groups excluding carboxylic acids is 3. The van der Waals surface area contributed by atoms with Crippen LogP contribution in [0, 0.1) is 0 Å². The summed E-state index contributed by atoms with van der Waals surface area (Å²) in [5.74, 6) is -0.929. The third-order valence-corrected chi connectivity index (χ3v) is 4.76. The fourth-order valence-corrected chi connectivity index (χ4v) is 3.12. The van der Waals surface area contributed by atoms with Gasteiger partial charge in [0.1, 0.15) is 5.75 Å². The molecule has 2 rings (SSSR count). The smallest absolute Gasteiger partial charge is 0.337 e. The molecule has 7 heteroatoms. The molecule has 0 radical (unpaired) electrons. The number of rotatable bonds is 9. The lowest BCUT2D eigenvalue weighted by atomic mass is 10.1. The van der Waals surface area contributed by atoms with Crippen molar-refractivity contribution in [1.29, 1.82) is 0 Å². The van der Waals surface area contributed by atoms with Gasteiger partial charge in [-0.2, -0.15) is 11.8 Å². The minimum atomic E-state index is -1.14. The number of esters is 1. The Bertz CT molecular complexity index is 886. The normalized spacial score (nSPS) is 10.6. The molecular weight excluding hydrogens is 380 g/mol. The van der Waals surface area contributed by atoms with E-state index >= 15 is 0 Å². The molecule has 0 saturated carbocycles. The molecule has 0 amide bonds. The fourth-order valence-electron chi connectivity index (χ4n) is 2.41. The highest BCUT2D eigenvalue weighted by Gasteiger charge is 2.09. The molecule has 28 heavy (non-hydrogen) atoms. The van der Waals surface area contributed by atoms with Crippen molar-refractivity contribution < 1.29 is 29.0 Å². The van der Waals surface area contributed by atoms with Crippen molar-refractivity contribution in [2.45, 2.75) is 5.75 Å². The van der Waals surface area contributed by atoms with Crippen LogP contribution in [0.15, 0.2) is 48.5 Å². The van der Waals surface area contributed by atoms with Gasteiger partial charge < -0.3 is 19.4 Å². The van der Waals surface area contributed by atoms with Gasteiger partial charge in [-0.1, -0.05) is 18.2 Å². The summed E-state index contributed by atoms with van der Waals surface area (Å²) in [4.78, 5) is 34.5. The van der Waals surface area contributed by atoms with Gasteiger partial charge in [-0.25, -0.2) is 4.79 Å². The molecule has 0 aliphatic carbocycles. The molecule has 0 unspecified atom stereocenters. The number of ether oxygens (including phenoxy) is 2. The van der Waals surface area contributed by atoms with E-state index in [4.69, 9.17) is 4.74 Å². The lowest BCUT2D eigenvalue weighted by molar-refractivity contribution is -0.301. The van der Waals surface area contributed by atoms with Crippen LogP contribution in [-0.2, 0) is 15.3 Å². The van der Waals surface area contributed by atoms with Crippen LogP contribution in [-0.4, -0.2) is 37.7 Å². The number of carboxylic acid groups (broad SMARTS) is 1. The summed E-state index contributed by atoms with van der Waals surface area (Å²) < 4.78 is 9.91. The van der Waals surface area contributed by atoms with Gasteiger partial charge in [0, 0.05) is 22.6 Å². The number of hydrogen-bond donors (Lipinski definition) is 0. The van der Waals surface area contributed by atoms with Gasteiger partial charge in [-0.05, 0) is 42.0 Å². The molecule has 0 spiro atoms. The van der Waals surface area contributed by atoms with E-state index in [0.717, 1.165) is 11.1 Å². The van der Waals surface area contributed by atoms with Gasteiger partial charge in [-0.3, -0.25) is 4.79 Å². The van der Waals surface area contributed by atoms with E-state index < -0.39 is 11.9 Å². The van der Waals surface area contributed by atoms with Crippen molar-refractivity contribution in [3.05, 3.63) is 70.8 Å². The molecule has 0 N–H and O–H groups in total. The van der Waals surface area contributed by atoms with Crippen LogP contribution in [0.3, 0.4) is 0 Å². The number of ketones is 1. The summed E-state index contributed by atoms with van der Waals surface area (Å²) in [6.07, 6.45) is 3.09. The Hall–Kier alpha value is -3.06. The molecule has 0 heterocycles. The summed E-state index contributed by atoms with van der Waals surface area (Å²) in [7, 11) is 2.83. The van der Waals surface area contributed by atoms with E-state index in [0.29, 0.717) is 22.6 Å². The molecule has 0 fully saturated rings. The van der Waals surface area contributed by atoms with Crippen LogP contribution in [0.5, 0.6) is 5.75 Å². The molecule has 0 aliphatic rings. The third kappa shape index (κ3) is 5.99. The van der Waals surface area contributed by atoms with Crippen molar-refractivity contribution >= 4 is 35.6 Å². The van der Waals surface area contributed by atoms with Crippen molar-refractivity contribution in [3.8, 4) is 5.75 Å². The van der Waals surface area contributed by atoms with Gasteiger partial charge in [0.25, 0.3) is 0 Å². The van der Waals surface area contributed by atoms with Crippen LogP contribution < -0.4 is 9.84 Å². The zero-order chi connectivity index (χ0) is 20.5. The molecular formula is C21H19O6S-. The largest absolute Gasteiger partial charge is 0.549 e. The second-order valence-electron chi connectivity index (χ2n) is 5.70. The van der Waals surface area contributed by atoms with E-state index in [1.54, 1.807) is 48.5 Å². The number of methoxy groups -OCH3 is 2. The van der Waals surface area contributed by atoms with Gasteiger partial charge in [0.2, 0.25) is 0 Å². The number of benzene rings is 2. The fraction of sp³-hybridized carbons (Fsp3) is 0.190. The van der Waals surface area contributed by atoms with Crippen LogP contribution in [0.25, 0.3) is 6.08 Å². The molecule has 0 atom stereocenters. The Morgan fingerprint density at radius 2 is 1.71 bits per heavy atom. The highest BCUT2D eigenvalue weighted by atomic mass is 32.2. The number of hydrogen-bond acceptors (Lipinski definition) is 7. The van der Waals surface area contributed by atoms with Crippen molar-refractivity contribution in [3.63, 3.8) is 0 Å². The number of allylic oxidation sites excluding steroid dienone is 1. The summed E-state index contributed by atoms with van der Waals surface area (Å²) in [5.41, 5.74) is 2.39. The zero-order valence-electron chi connectivity index (χ0n) is 15.5. The molecule has 2 aromatic carbocycles. The Kier molecular flexibility index (Phi) is 7.83. The maximum Gasteiger partial charge on any atom is 0.337 e. The van der Waals surface area contributed by atoms with Gasteiger partial charge in [0.05, 0.1) is 25.8 Å². The summed E-state index contributed by atoms with van der Waals surface area (Å²) in [5, 5.41) is 10.6. The first-order chi connectivity index (χ1) is 13.4. The minimum absolute atomic E-state index is 0.136. The number of aliphatic carboxylic acids is 1. The van der Waals surface area contributed by atoms with E-state index in [-0.39, 0.29) is 11.5 Å². The van der Waals surface area contributed by atoms with Crippen LogP contribution in [0.2, 0.25) is 0 Å². The number of carbonyl (C=O) groups is 3. The minimum Gasteiger partial charge on any atom is -0.549 e. The average Bonchev–Trinajstić information content (AvgIpc) is 2.71. The first-order valence-electron chi connectivity index (χ1n) is 8.30. The van der Waals surface area contributed by atoms with Crippen LogP contribution in [0.4, 0.5) is 0 Å². The zero-order valence-corrected chi connectivity index (χ0v) is 16.3. The summed E-state index contributed by atoms with van der Waals surface area (Å²) >= 11 is 1.17. The Morgan fingerprint density at radius 3 is 2.32 bits per heavy atom. The SMILES string of the molecule is COC(=O)c1ccc(/C=C/C(=O)c2ccc(OC)c(CSCC(=O)[O-])c2)cc1. The number of carboxylic acids is 1. The predicted octanol–water partition coefficient (Wildman–Crippen LogP) is 2.36. The molecule has 6 nitrogen and oxygen atoms in total. The maximum absolute atomic E-state index is 12.5. The summed E-state index contributed by atoms with van der Waals surface area (Å²) in [6, 6.07) is 11.7. The quantitative estimate of drug-likeness (QED) is 0.363. The molecule has 2 aromatic rings. The van der Waals surface area contributed by atoms with Crippen molar-refractivity contribution in [2.75, 3.05) is 20.0 Å². The first kappa shape index (κ1) is 21.2. The standard InChI is InChI=1S/C21H20O6S/c1-26-19-10-8-16(11-17(19)12-28-13-20(23)24)18(22)9-5-14-3-6-15(7-4-14)21(25)27-2/h3-11H,12-13H2,1-2H3,(H,23,24)/p-1/b9-5+. The van der Waals surface area contributed by atoms with E-state index in [1.807, 2.05) is 0 Å². The monoisotopic (exact) mass is 399 g/mol. The lowest BCUT2D eigenvalue weighted by Crippen LogP contribution is -2.24. The highest BCUT2D eigenvalue weighted by Crippen LogP contribution is 2.25. The first-order valence-corrected chi connectivity index (χ1v) is 9.45. The second-order valence-corrected chi connectivity index (χ2v) is 6.69. The van der Waals surface area contributed by atoms with E-state index in [9.17, 15) is 19.5 Å². The number of thioether (sulfide) groups is 1. The summed E-state index contributed by atoms with van der Waals surface area (Å²) in [6.45, 7) is 0. The molecule has 0 bridgehead atoms. The molecule has 0 aromatic heterocycles. The van der Waals surface area contributed by atoms with Crippen molar-refractivity contribution in [2.24, 2.45) is 0 Å². The van der Waals surface area contributed by atoms with Crippen molar-refractivity contribution in [1.82, 2.24) is 0 Å². The van der Waals surface area contributed by atoms with Gasteiger partial charge in [-0.15, -0.1) is 0 Å². The highest BCUT2D eigenvalue weighted by molar-refractivity contribution is 7.99. The molecule has 0 saturated heterocycles. The van der Waals surface area contributed by atoms with E-state index in [1.165, 1.54) is 32.1 Å². The van der Waals surface area contributed by atoms with E-state index in [2.05, 4.69) is 4.74 Å². The van der Waals surface area contributed by atoms with Gasteiger partial charge >= 0.3 is 5.97 Å². The molecule has 146 valence electrons. The average molecular weight is 399 g/mol. The molecule has 0 aliphatic heterocycles. The van der Waals surface area contributed by atoms with Crippen LogP contribution in [0.1, 0.15) is 31.8 Å². The third-order valence-electron chi connectivity index (χ3n) is 3.80. The second kappa shape index (κ2) is 10.3. The maximum atomic E-state index is 12.5.